The molecule has 0 saturated carbocycles. The zero-order chi connectivity index (χ0) is 22.0. The smallest absolute Gasteiger partial charge is 0.259 e. The third kappa shape index (κ3) is 3.98. The van der Waals surface area contributed by atoms with Gasteiger partial charge >= 0.3 is 0 Å². The molecule has 1 N–H and O–H groups in total. The highest BCUT2D eigenvalue weighted by atomic mass is 32.2. The van der Waals surface area contributed by atoms with Crippen LogP contribution in [0.2, 0.25) is 0 Å². The Labute approximate surface area is 187 Å². The summed E-state index contributed by atoms with van der Waals surface area (Å²) in [6.07, 6.45) is 2.47. The monoisotopic (exact) mass is 430 g/mol. The minimum atomic E-state index is -1.03. The van der Waals surface area contributed by atoms with Crippen molar-refractivity contribution in [1.29, 1.82) is 0 Å². The van der Waals surface area contributed by atoms with Crippen LogP contribution in [0.4, 0.5) is 5.69 Å². The highest BCUT2D eigenvalue weighted by Crippen LogP contribution is 2.36. The van der Waals surface area contributed by atoms with Crippen molar-refractivity contribution >= 4 is 29.3 Å². The van der Waals surface area contributed by atoms with E-state index in [0.717, 1.165) is 27.3 Å². The van der Waals surface area contributed by atoms with Crippen molar-refractivity contribution in [3.8, 4) is 0 Å². The number of rotatable bonds is 5. The lowest BCUT2D eigenvalue weighted by molar-refractivity contribution is -0.126. The van der Waals surface area contributed by atoms with E-state index in [1.54, 1.807) is 16.7 Å². The largest absolute Gasteiger partial charge is 0.350 e. The van der Waals surface area contributed by atoms with E-state index in [1.165, 1.54) is 0 Å². The van der Waals surface area contributed by atoms with Crippen molar-refractivity contribution in [2.75, 3.05) is 11.2 Å². The number of aryl methyl sites for hydroxylation is 1. The second kappa shape index (κ2) is 8.60. The van der Waals surface area contributed by atoms with E-state index in [-0.39, 0.29) is 11.8 Å². The van der Waals surface area contributed by atoms with Crippen LogP contribution in [-0.2, 0) is 17.8 Å². The second-order valence-corrected chi connectivity index (χ2v) is 8.94. The number of carbonyl (C=O) groups is 2. The molecule has 4 nitrogen and oxygen atoms in total. The normalized spacial score (nSPS) is 17.9. The molecule has 1 aliphatic rings. The van der Waals surface area contributed by atoms with Gasteiger partial charge < -0.3 is 5.32 Å². The Kier molecular flexibility index (Phi) is 5.88. The van der Waals surface area contributed by atoms with Crippen LogP contribution in [0.25, 0.3) is 0 Å². The van der Waals surface area contributed by atoms with E-state index in [0.29, 0.717) is 18.5 Å². The Hall–Kier alpha value is -3.05. The minimum Gasteiger partial charge on any atom is -0.350 e. The predicted octanol–water partition coefficient (Wildman–Crippen LogP) is 4.99. The van der Waals surface area contributed by atoms with Crippen molar-refractivity contribution < 1.29 is 9.59 Å². The van der Waals surface area contributed by atoms with Gasteiger partial charge in [-0.3, -0.25) is 14.5 Å². The van der Waals surface area contributed by atoms with E-state index in [9.17, 15) is 9.59 Å². The van der Waals surface area contributed by atoms with Gasteiger partial charge in [0.25, 0.3) is 5.91 Å². The summed E-state index contributed by atoms with van der Waals surface area (Å²) in [6.45, 7) is 4.32. The van der Waals surface area contributed by atoms with E-state index < -0.39 is 5.54 Å². The van der Waals surface area contributed by atoms with E-state index in [1.807, 2.05) is 92.9 Å². The molecule has 0 fully saturated rings. The molecule has 0 bridgehead atoms. The number of nitrogens with one attached hydrogen (secondary N) is 1. The molecule has 0 saturated heterocycles. The maximum atomic E-state index is 13.6. The van der Waals surface area contributed by atoms with Crippen molar-refractivity contribution in [2.45, 2.75) is 37.2 Å². The summed E-state index contributed by atoms with van der Waals surface area (Å²) in [5.41, 5.74) is 3.44. The van der Waals surface area contributed by atoms with Gasteiger partial charge in [-0.2, -0.15) is 0 Å². The fraction of sp³-hybridized carbons (Fsp3) is 0.231. The summed E-state index contributed by atoms with van der Waals surface area (Å²) < 4.78 is 0. The fourth-order valence-corrected chi connectivity index (χ4v) is 4.58. The summed E-state index contributed by atoms with van der Waals surface area (Å²) in [6, 6.07) is 23.4. The van der Waals surface area contributed by atoms with Gasteiger partial charge in [0.2, 0.25) is 5.91 Å². The molecule has 2 amide bonds. The van der Waals surface area contributed by atoms with Crippen LogP contribution in [0.15, 0.2) is 77.7 Å². The molecule has 3 aromatic carbocycles. The highest BCUT2D eigenvalue weighted by Gasteiger charge is 2.47. The van der Waals surface area contributed by atoms with Crippen molar-refractivity contribution in [1.82, 2.24) is 5.32 Å². The van der Waals surface area contributed by atoms with Crippen LogP contribution >= 0.6 is 11.8 Å². The summed E-state index contributed by atoms with van der Waals surface area (Å²) in [5, 5.41) is 3.09. The lowest BCUT2D eigenvalue weighted by Crippen LogP contribution is -2.63. The van der Waals surface area contributed by atoms with Gasteiger partial charge in [0, 0.05) is 29.1 Å². The molecule has 3 aromatic rings. The van der Waals surface area contributed by atoms with E-state index in [4.69, 9.17) is 0 Å². The molecule has 1 heterocycles. The number of hydrogen-bond acceptors (Lipinski definition) is 3. The Morgan fingerprint density at radius 1 is 1.03 bits per heavy atom. The third-order valence-electron chi connectivity index (χ3n) is 6.00. The Morgan fingerprint density at radius 2 is 1.71 bits per heavy atom. The molecule has 5 heteroatoms. The fourth-order valence-electron chi connectivity index (χ4n) is 4.17. The van der Waals surface area contributed by atoms with Crippen molar-refractivity contribution in [3.05, 3.63) is 95.1 Å². The standard InChI is InChI=1S/C26H26N2O2S/c1-18-8-4-5-10-20(18)17-27-25(30)26(2)16-19-9-6-7-11-23(19)24(29)28(26)21-12-14-22(31-3)15-13-21/h4-15H,16-17H2,1-3H3,(H,27,30)/t26-/m0/s1. The minimum absolute atomic E-state index is 0.146. The first-order chi connectivity index (χ1) is 14.9. The maximum absolute atomic E-state index is 13.6. The van der Waals surface area contributed by atoms with Crippen LogP contribution in [-0.4, -0.2) is 23.6 Å². The van der Waals surface area contributed by atoms with Crippen LogP contribution in [0.3, 0.4) is 0 Å². The first-order valence-electron chi connectivity index (χ1n) is 10.3. The molecule has 0 radical (unpaired) electrons. The lowest BCUT2D eigenvalue weighted by atomic mass is 9.82. The molecule has 31 heavy (non-hydrogen) atoms. The van der Waals surface area contributed by atoms with Crippen LogP contribution in [0, 0.1) is 6.92 Å². The number of anilines is 1. The number of fused-ring (bicyclic) bond motifs is 1. The van der Waals surface area contributed by atoms with Crippen LogP contribution in [0.1, 0.15) is 34.0 Å². The van der Waals surface area contributed by atoms with Gasteiger partial charge in [-0.1, -0.05) is 42.5 Å². The molecular formula is C26H26N2O2S. The van der Waals surface area contributed by atoms with Gasteiger partial charge in [-0.05, 0) is 67.1 Å². The van der Waals surface area contributed by atoms with Gasteiger partial charge in [-0.25, -0.2) is 0 Å². The number of nitrogens with zero attached hydrogens (tertiary/aromatic N) is 1. The second-order valence-electron chi connectivity index (χ2n) is 8.06. The first kappa shape index (κ1) is 21.2. The topological polar surface area (TPSA) is 49.4 Å². The number of amides is 2. The molecule has 158 valence electrons. The molecule has 0 aromatic heterocycles. The van der Waals surface area contributed by atoms with E-state index in [2.05, 4.69) is 5.32 Å². The molecular weight excluding hydrogens is 404 g/mol. The molecule has 4 rings (SSSR count). The van der Waals surface area contributed by atoms with Crippen LogP contribution in [0.5, 0.6) is 0 Å². The van der Waals surface area contributed by atoms with Gasteiger partial charge in [-0.15, -0.1) is 11.8 Å². The highest BCUT2D eigenvalue weighted by molar-refractivity contribution is 7.98. The van der Waals surface area contributed by atoms with Gasteiger partial charge in [0.1, 0.15) is 5.54 Å². The van der Waals surface area contributed by atoms with Crippen molar-refractivity contribution in [3.63, 3.8) is 0 Å². The van der Waals surface area contributed by atoms with Gasteiger partial charge in [0.15, 0.2) is 0 Å². The zero-order valence-corrected chi connectivity index (χ0v) is 18.8. The summed E-state index contributed by atoms with van der Waals surface area (Å²) in [4.78, 5) is 29.9. The summed E-state index contributed by atoms with van der Waals surface area (Å²) in [5.74, 6) is -0.306. The van der Waals surface area contributed by atoms with Gasteiger partial charge in [0.05, 0.1) is 0 Å². The summed E-state index contributed by atoms with van der Waals surface area (Å²) in [7, 11) is 0. The third-order valence-corrected chi connectivity index (χ3v) is 6.74. The molecule has 1 atom stereocenters. The first-order valence-corrected chi connectivity index (χ1v) is 11.6. The van der Waals surface area contributed by atoms with Crippen molar-refractivity contribution in [2.24, 2.45) is 0 Å². The number of thioether (sulfide) groups is 1. The Morgan fingerprint density at radius 3 is 2.42 bits per heavy atom. The average Bonchev–Trinajstić information content (AvgIpc) is 2.79. The number of carbonyl (C=O) groups excluding carboxylic acids is 2. The molecule has 0 aliphatic carbocycles. The Balaban J connectivity index is 1.71. The maximum Gasteiger partial charge on any atom is 0.259 e. The average molecular weight is 431 g/mol. The molecule has 1 aliphatic heterocycles. The number of hydrogen-bond donors (Lipinski definition) is 1. The zero-order valence-electron chi connectivity index (χ0n) is 18.0. The quantitative estimate of drug-likeness (QED) is 0.580. The lowest BCUT2D eigenvalue weighted by Gasteiger charge is -2.44. The van der Waals surface area contributed by atoms with E-state index >= 15 is 0 Å². The number of benzene rings is 3. The Bertz CT molecular complexity index is 1130. The van der Waals surface area contributed by atoms with Crippen LogP contribution < -0.4 is 10.2 Å². The molecule has 0 unspecified atom stereocenters. The summed E-state index contributed by atoms with van der Waals surface area (Å²) >= 11 is 1.64. The SMILES string of the molecule is CSc1ccc(N2C(=O)c3ccccc3C[C@@]2(C)C(=O)NCc2ccccc2C)cc1. The predicted molar refractivity (Wildman–Crippen MR) is 127 cm³/mol. The molecule has 0 spiro atoms.